The first-order valence-electron chi connectivity index (χ1n) is 9.15. The summed E-state index contributed by atoms with van der Waals surface area (Å²) in [4.78, 5) is 9.80. The van der Waals surface area contributed by atoms with Crippen molar-refractivity contribution in [2.75, 3.05) is 26.2 Å². The van der Waals surface area contributed by atoms with Gasteiger partial charge in [-0.05, 0) is 31.2 Å². The van der Waals surface area contributed by atoms with E-state index in [9.17, 15) is 8.42 Å². The molecule has 1 aromatic carbocycles. The van der Waals surface area contributed by atoms with Gasteiger partial charge in [-0.15, -0.1) is 11.8 Å². The number of benzene rings is 1. The fourth-order valence-corrected chi connectivity index (χ4v) is 4.21. The van der Waals surface area contributed by atoms with Crippen molar-refractivity contribution in [2.24, 2.45) is 4.99 Å². The molecule has 3 N–H and O–H groups in total. The molecule has 9 heteroatoms. The molecule has 0 aliphatic carbocycles. The molecule has 1 unspecified atom stereocenters. The Morgan fingerprint density at radius 1 is 1.14 bits per heavy atom. The Kier molecular flexibility index (Phi) is 9.26. The highest BCUT2D eigenvalue weighted by Gasteiger charge is 2.12. The van der Waals surface area contributed by atoms with Crippen molar-refractivity contribution in [1.29, 1.82) is 0 Å². The molecule has 1 atom stereocenters. The summed E-state index contributed by atoms with van der Waals surface area (Å²) in [6, 6.07) is 13.3. The first kappa shape index (κ1) is 22.2. The molecule has 0 saturated carbocycles. The normalized spacial score (nSPS) is 13.1. The van der Waals surface area contributed by atoms with Crippen molar-refractivity contribution in [3.8, 4) is 0 Å². The first-order chi connectivity index (χ1) is 13.5. The zero-order valence-corrected chi connectivity index (χ0v) is 17.8. The van der Waals surface area contributed by atoms with Crippen LogP contribution in [0.1, 0.15) is 13.8 Å². The Morgan fingerprint density at radius 3 is 2.61 bits per heavy atom. The summed E-state index contributed by atoms with van der Waals surface area (Å²) in [5.41, 5.74) is 0. The lowest BCUT2D eigenvalue weighted by atomic mass is 10.4. The van der Waals surface area contributed by atoms with Gasteiger partial charge >= 0.3 is 0 Å². The highest BCUT2D eigenvalue weighted by atomic mass is 32.2. The number of aliphatic imine (C=N–C) groups is 1. The van der Waals surface area contributed by atoms with Gasteiger partial charge in [-0.1, -0.05) is 25.1 Å². The van der Waals surface area contributed by atoms with Crippen LogP contribution in [0.15, 0.2) is 69.6 Å². The smallest absolute Gasteiger partial charge is 0.242 e. The van der Waals surface area contributed by atoms with Crippen LogP contribution in [0.5, 0.6) is 0 Å². The lowest BCUT2D eigenvalue weighted by molar-refractivity contribution is 0.580. The molecule has 152 valence electrons. The van der Waals surface area contributed by atoms with E-state index in [0.29, 0.717) is 24.3 Å². The summed E-state index contributed by atoms with van der Waals surface area (Å²) in [7, 11) is -3.55. The summed E-state index contributed by atoms with van der Waals surface area (Å²) in [5.74, 6) is 0.670. The number of hydrogen-bond acceptors (Lipinski definition) is 5. The number of guanidine groups is 1. The number of nitrogens with zero attached hydrogens (tertiary/aromatic N) is 2. The van der Waals surface area contributed by atoms with E-state index in [2.05, 4.69) is 44.4 Å². The minimum Gasteiger partial charge on any atom is -0.357 e. The zero-order chi connectivity index (χ0) is 20.2. The van der Waals surface area contributed by atoms with E-state index in [1.54, 1.807) is 17.8 Å². The van der Waals surface area contributed by atoms with Gasteiger partial charge in [0, 0.05) is 42.2 Å². The molecule has 0 amide bonds. The molecule has 2 aromatic rings. The van der Waals surface area contributed by atoms with Crippen LogP contribution in [0, 0.1) is 0 Å². The van der Waals surface area contributed by atoms with Crippen molar-refractivity contribution in [3.63, 3.8) is 0 Å². The van der Waals surface area contributed by atoms with Crippen LogP contribution in [0.4, 0.5) is 0 Å². The van der Waals surface area contributed by atoms with Crippen molar-refractivity contribution in [3.05, 3.63) is 54.9 Å². The second kappa shape index (κ2) is 11.7. The second-order valence-corrected chi connectivity index (χ2v) is 9.25. The minimum atomic E-state index is -3.55. The van der Waals surface area contributed by atoms with Crippen LogP contribution in [0.25, 0.3) is 0 Å². The van der Waals surface area contributed by atoms with E-state index in [-0.39, 0.29) is 11.4 Å². The average molecular weight is 422 g/mol. The molecule has 0 saturated heterocycles. The minimum absolute atomic E-state index is 0.155. The molecule has 0 bridgehead atoms. The van der Waals surface area contributed by atoms with Crippen molar-refractivity contribution in [1.82, 2.24) is 20.3 Å². The maximum absolute atomic E-state index is 12.2. The Morgan fingerprint density at radius 2 is 1.93 bits per heavy atom. The molecule has 28 heavy (non-hydrogen) atoms. The lowest BCUT2D eigenvalue weighted by Gasteiger charge is -2.14. The maximum atomic E-state index is 12.2. The standard InChI is InChI=1S/C19H27N5O2S2/c1-3-21-19(23-14-16(2)27-17-8-5-4-6-9-17)22-12-13-24-28(25,26)18-10-7-11-20-15-18/h4-11,15-16,24H,3,12-14H2,1-2H3,(H2,21,22,23). The number of thioether (sulfide) groups is 1. The van der Waals surface area contributed by atoms with E-state index in [1.165, 1.54) is 23.4 Å². The van der Waals surface area contributed by atoms with Gasteiger partial charge in [-0.2, -0.15) is 0 Å². The third-order valence-electron chi connectivity index (χ3n) is 3.59. The van der Waals surface area contributed by atoms with Gasteiger partial charge in [0.15, 0.2) is 5.96 Å². The second-order valence-electron chi connectivity index (χ2n) is 5.97. The Labute approximate surface area is 171 Å². The Hall–Kier alpha value is -2.10. The lowest BCUT2D eigenvalue weighted by Crippen LogP contribution is -2.41. The van der Waals surface area contributed by atoms with Gasteiger partial charge in [0.1, 0.15) is 4.90 Å². The summed E-state index contributed by atoms with van der Waals surface area (Å²) < 4.78 is 26.9. The third-order valence-corrected chi connectivity index (χ3v) is 6.13. The average Bonchev–Trinajstić information content (AvgIpc) is 2.70. The van der Waals surface area contributed by atoms with Gasteiger partial charge in [0.2, 0.25) is 10.0 Å². The first-order valence-corrected chi connectivity index (χ1v) is 11.5. The monoisotopic (exact) mass is 421 g/mol. The predicted molar refractivity (Wildman–Crippen MR) is 115 cm³/mol. The highest BCUT2D eigenvalue weighted by molar-refractivity contribution is 8.00. The molecule has 0 aliphatic heterocycles. The molecule has 7 nitrogen and oxygen atoms in total. The molecule has 0 spiro atoms. The SMILES string of the molecule is CCNC(=NCC(C)Sc1ccccc1)NCCNS(=O)(=O)c1cccnc1. The Bertz CT molecular complexity index is 830. The highest BCUT2D eigenvalue weighted by Crippen LogP contribution is 2.22. The largest absolute Gasteiger partial charge is 0.357 e. The predicted octanol–water partition coefficient (Wildman–Crippen LogP) is 2.10. The topological polar surface area (TPSA) is 95.5 Å². The van der Waals surface area contributed by atoms with Crippen LogP contribution < -0.4 is 15.4 Å². The molecular formula is C19H27N5O2S2. The number of aromatic nitrogens is 1. The van der Waals surface area contributed by atoms with Crippen LogP contribution in [0.2, 0.25) is 0 Å². The summed E-state index contributed by atoms with van der Waals surface area (Å²) in [5, 5.41) is 6.65. The quantitative estimate of drug-likeness (QED) is 0.235. The van der Waals surface area contributed by atoms with E-state index in [4.69, 9.17) is 0 Å². The number of pyridine rings is 1. The molecule has 2 rings (SSSR count). The van der Waals surface area contributed by atoms with Gasteiger partial charge in [-0.3, -0.25) is 9.98 Å². The van der Waals surface area contributed by atoms with Crippen molar-refractivity contribution < 1.29 is 8.42 Å². The van der Waals surface area contributed by atoms with Gasteiger partial charge in [-0.25, -0.2) is 13.1 Å². The summed E-state index contributed by atoms with van der Waals surface area (Å²) >= 11 is 1.77. The molecule has 1 heterocycles. The molecule has 0 radical (unpaired) electrons. The number of hydrogen-bond donors (Lipinski definition) is 3. The van der Waals surface area contributed by atoms with Crippen LogP contribution in [-0.2, 0) is 10.0 Å². The van der Waals surface area contributed by atoms with Crippen LogP contribution in [-0.4, -0.2) is 50.8 Å². The maximum Gasteiger partial charge on any atom is 0.242 e. The summed E-state index contributed by atoms with van der Waals surface area (Å²) in [6.07, 6.45) is 2.86. The third kappa shape index (κ3) is 7.87. The molecular weight excluding hydrogens is 394 g/mol. The summed E-state index contributed by atoms with van der Waals surface area (Å²) in [6.45, 7) is 6.17. The number of sulfonamides is 1. The fourth-order valence-electron chi connectivity index (χ4n) is 2.29. The van der Waals surface area contributed by atoms with Crippen molar-refractivity contribution >= 4 is 27.7 Å². The fraction of sp³-hybridized carbons (Fsp3) is 0.368. The molecule has 0 aliphatic rings. The van der Waals surface area contributed by atoms with Gasteiger partial charge in [0.25, 0.3) is 0 Å². The van der Waals surface area contributed by atoms with Gasteiger partial charge < -0.3 is 10.6 Å². The van der Waals surface area contributed by atoms with Crippen molar-refractivity contribution in [2.45, 2.75) is 28.9 Å². The zero-order valence-electron chi connectivity index (χ0n) is 16.1. The molecule has 0 fully saturated rings. The Balaban J connectivity index is 1.79. The number of nitrogens with one attached hydrogen (secondary N) is 3. The van der Waals surface area contributed by atoms with Gasteiger partial charge in [0.05, 0.1) is 6.54 Å². The van der Waals surface area contributed by atoms with E-state index < -0.39 is 10.0 Å². The number of rotatable bonds is 10. The van der Waals surface area contributed by atoms with E-state index in [0.717, 1.165) is 6.54 Å². The molecule has 1 aromatic heterocycles. The van der Waals surface area contributed by atoms with Crippen LogP contribution in [0.3, 0.4) is 0 Å². The van der Waals surface area contributed by atoms with Crippen LogP contribution >= 0.6 is 11.8 Å². The van der Waals surface area contributed by atoms with E-state index in [1.807, 2.05) is 25.1 Å². The van der Waals surface area contributed by atoms with E-state index >= 15 is 0 Å².